The molecule has 24 heavy (non-hydrogen) atoms. The minimum Gasteiger partial charge on any atom is -0.459 e. The van der Waals surface area contributed by atoms with Gasteiger partial charge in [0, 0.05) is 18.0 Å². The Bertz CT molecular complexity index is 779. The third-order valence-electron chi connectivity index (χ3n) is 4.48. The largest absolute Gasteiger partial charge is 0.459 e. The van der Waals surface area contributed by atoms with E-state index in [1.165, 1.54) is 19.3 Å². The molecule has 1 aliphatic heterocycles. The van der Waals surface area contributed by atoms with Crippen LogP contribution >= 0.6 is 11.3 Å². The summed E-state index contributed by atoms with van der Waals surface area (Å²) in [5.41, 5.74) is 1.12. The van der Waals surface area contributed by atoms with Crippen LogP contribution in [0.15, 0.2) is 34.6 Å². The molecule has 0 amide bonds. The van der Waals surface area contributed by atoms with Crippen LogP contribution in [0, 0.1) is 6.92 Å². The van der Waals surface area contributed by atoms with Gasteiger partial charge in [-0.3, -0.25) is 9.58 Å². The van der Waals surface area contributed by atoms with E-state index in [0.29, 0.717) is 6.04 Å². The summed E-state index contributed by atoms with van der Waals surface area (Å²) in [5, 5.41) is 7.36. The molecule has 0 unspecified atom stereocenters. The Balaban J connectivity index is 1.45. The fourth-order valence-electron chi connectivity index (χ4n) is 3.27. The van der Waals surface area contributed by atoms with E-state index in [-0.39, 0.29) is 0 Å². The Morgan fingerprint density at radius 3 is 3.08 bits per heavy atom. The summed E-state index contributed by atoms with van der Waals surface area (Å²) < 4.78 is 7.61. The molecule has 0 N–H and O–H groups in total. The van der Waals surface area contributed by atoms with Crippen LogP contribution in [0.4, 0.5) is 0 Å². The van der Waals surface area contributed by atoms with Crippen molar-refractivity contribution in [3.63, 3.8) is 0 Å². The van der Waals surface area contributed by atoms with Gasteiger partial charge in [-0.05, 0) is 38.4 Å². The average molecular weight is 343 g/mol. The standard InChI is InChI=1S/C17H21N5OS/c1-13-5-6-16(23-13)17-20-14(10-24-17)8-21-7-3-2-4-15(21)9-22-12-18-11-19-22/h5-6,10-12,15H,2-4,7-9H2,1H3/t15-/m0/s1. The van der Waals surface area contributed by atoms with Crippen LogP contribution in [-0.4, -0.2) is 37.2 Å². The van der Waals surface area contributed by atoms with E-state index in [1.807, 2.05) is 23.7 Å². The lowest BCUT2D eigenvalue weighted by Gasteiger charge is -2.35. The van der Waals surface area contributed by atoms with Crippen molar-refractivity contribution < 1.29 is 4.42 Å². The van der Waals surface area contributed by atoms with Crippen molar-refractivity contribution in [2.45, 2.75) is 45.3 Å². The summed E-state index contributed by atoms with van der Waals surface area (Å²) in [5.74, 6) is 1.78. The van der Waals surface area contributed by atoms with Crippen LogP contribution in [0.5, 0.6) is 0 Å². The Hall–Kier alpha value is -1.99. The van der Waals surface area contributed by atoms with Crippen molar-refractivity contribution in [3.8, 4) is 10.8 Å². The van der Waals surface area contributed by atoms with Crippen molar-refractivity contribution in [1.82, 2.24) is 24.6 Å². The van der Waals surface area contributed by atoms with Gasteiger partial charge in [0.1, 0.15) is 18.4 Å². The highest BCUT2D eigenvalue weighted by Crippen LogP contribution is 2.27. The van der Waals surface area contributed by atoms with Crippen molar-refractivity contribution >= 4 is 11.3 Å². The first kappa shape index (κ1) is 15.5. The first-order valence-electron chi connectivity index (χ1n) is 8.35. The number of piperidine rings is 1. The van der Waals surface area contributed by atoms with Gasteiger partial charge in [-0.25, -0.2) is 9.97 Å². The number of rotatable bonds is 5. The number of hydrogen-bond donors (Lipinski definition) is 0. The van der Waals surface area contributed by atoms with E-state index in [0.717, 1.165) is 41.9 Å². The topological polar surface area (TPSA) is 60.0 Å². The molecule has 4 rings (SSSR count). The van der Waals surface area contributed by atoms with Gasteiger partial charge in [-0.1, -0.05) is 6.42 Å². The van der Waals surface area contributed by atoms with Crippen molar-refractivity contribution in [2.24, 2.45) is 0 Å². The third-order valence-corrected chi connectivity index (χ3v) is 5.39. The molecule has 0 radical (unpaired) electrons. The summed E-state index contributed by atoms with van der Waals surface area (Å²) in [6, 6.07) is 4.47. The molecular weight excluding hydrogens is 322 g/mol. The maximum Gasteiger partial charge on any atom is 0.162 e. The van der Waals surface area contributed by atoms with Crippen molar-refractivity contribution in [3.05, 3.63) is 41.6 Å². The number of furan rings is 1. The number of likely N-dealkylation sites (tertiary alicyclic amines) is 1. The molecule has 0 bridgehead atoms. The predicted molar refractivity (Wildman–Crippen MR) is 92.6 cm³/mol. The fourth-order valence-corrected chi connectivity index (χ4v) is 4.04. The van der Waals surface area contributed by atoms with Crippen molar-refractivity contribution in [1.29, 1.82) is 0 Å². The smallest absolute Gasteiger partial charge is 0.162 e. The molecular formula is C17H21N5OS. The van der Waals surface area contributed by atoms with Crippen LogP contribution in [0.25, 0.3) is 10.8 Å². The summed E-state index contributed by atoms with van der Waals surface area (Å²) in [4.78, 5) is 11.3. The number of nitrogens with zero attached hydrogens (tertiary/aromatic N) is 5. The van der Waals surface area contributed by atoms with E-state index < -0.39 is 0 Å². The molecule has 1 fully saturated rings. The minimum atomic E-state index is 0.497. The molecule has 3 aromatic heterocycles. The van der Waals surface area contributed by atoms with Crippen molar-refractivity contribution in [2.75, 3.05) is 6.54 Å². The van der Waals surface area contributed by atoms with E-state index in [4.69, 9.17) is 9.40 Å². The average Bonchev–Trinajstić information content (AvgIpc) is 3.31. The Labute approximate surface area is 145 Å². The second-order valence-corrected chi connectivity index (χ2v) is 7.15. The van der Waals surface area contributed by atoms with Gasteiger partial charge >= 0.3 is 0 Å². The highest BCUT2D eigenvalue weighted by Gasteiger charge is 2.24. The van der Waals surface area contributed by atoms with E-state index in [2.05, 4.69) is 20.4 Å². The van der Waals surface area contributed by atoms with Gasteiger partial charge in [0.05, 0.1) is 12.2 Å². The first-order valence-corrected chi connectivity index (χ1v) is 9.23. The van der Waals surface area contributed by atoms with E-state index in [1.54, 1.807) is 24.0 Å². The zero-order valence-electron chi connectivity index (χ0n) is 13.8. The van der Waals surface area contributed by atoms with Gasteiger partial charge in [0.2, 0.25) is 0 Å². The molecule has 6 nitrogen and oxygen atoms in total. The molecule has 0 aliphatic carbocycles. The highest BCUT2D eigenvalue weighted by atomic mass is 32.1. The van der Waals surface area contributed by atoms with Crippen LogP contribution in [0.2, 0.25) is 0 Å². The summed E-state index contributed by atoms with van der Waals surface area (Å²) in [6.45, 7) is 4.86. The number of aryl methyl sites for hydroxylation is 1. The minimum absolute atomic E-state index is 0.497. The third kappa shape index (κ3) is 3.42. The normalized spacial score (nSPS) is 19.0. The summed E-state index contributed by atoms with van der Waals surface area (Å²) in [7, 11) is 0. The first-order chi connectivity index (χ1) is 11.8. The van der Waals surface area contributed by atoms with Crippen LogP contribution < -0.4 is 0 Å². The molecule has 3 aromatic rings. The lowest BCUT2D eigenvalue weighted by molar-refractivity contribution is 0.120. The number of aromatic nitrogens is 4. The van der Waals surface area contributed by atoms with Gasteiger partial charge in [0.15, 0.2) is 10.8 Å². The Morgan fingerprint density at radius 1 is 1.33 bits per heavy atom. The van der Waals surface area contributed by atoms with E-state index in [9.17, 15) is 0 Å². The predicted octanol–water partition coefficient (Wildman–Crippen LogP) is 3.36. The SMILES string of the molecule is Cc1ccc(-c2nc(CN3CCCC[C@H]3Cn3cncn3)cs2)o1. The fraction of sp³-hybridized carbons (Fsp3) is 0.471. The lowest BCUT2D eigenvalue weighted by atomic mass is 10.0. The second kappa shape index (κ2) is 6.86. The van der Waals surface area contributed by atoms with Gasteiger partial charge < -0.3 is 4.42 Å². The molecule has 1 aliphatic rings. The Morgan fingerprint density at radius 2 is 2.29 bits per heavy atom. The molecule has 0 aromatic carbocycles. The monoisotopic (exact) mass is 343 g/mol. The van der Waals surface area contributed by atoms with Crippen LogP contribution in [0.3, 0.4) is 0 Å². The summed E-state index contributed by atoms with van der Waals surface area (Å²) >= 11 is 1.65. The highest BCUT2D eigenvalue weighted by molar-refractivity contribution is 7.13. The zero-order valence-corrected chi connectivity index (χ0v) is 14.6. The lowest BCUT2D eigenvalue weighted by Crippen LogP contribution is -2.41. The molecule has 7 heteroatoms. The molecule has 0 spiro atoms. The molecule has 1 saturated heterocycles. The molecule has 1 atom stereocenters. The number of thiazole rings is 1. The molecule has 0 saturated carbocycles. The molecule has 4 heterocycles. The second-order valence-electron chi connectivity index (χ2n) is 6.29. The quantitative estimate of drug-likeness (QED) is 0.711. The number of hydrogen-bond acceptors (Lipinski definition) is 6. The van der Waals surface area contributed by atoms with Crippen LogP contribution in [0.1, 0.15) is 30.7 Å². The van der Waals surface area contributed by atoms with Gasteiger partial charge in [-0.15, -0.1) is 11.3 Å². The van der Waals surface area contributed by atoms with Gasteiger partial charge in [-0.2, -0.15) is 5.10 Å². The summed E-state index contributed by atoms with van der Waals surface area (Å²) in [6.07, 6.45) is 7.14. The van der Waals surface area contributed by atoms with Gasteiger partial charge in [0.25, 0.3) is 0 Å². The maximum atomic E-state index is 5.68. The zero-order chi connectivity index (χ0) is 16.4. The molecule has 126 valence electrons. The van der Waals surface area contributed by atoms with Crippen LogP contribution in [-0.2, 0) is 13.1 Å². The Kier molecular flexibility index (Phi) is 4.44. The maximum absolute atomic E-state index is 5.68. The van der Waals surface area contributed by atoms with E-state index >= 15 is 0 Å².